The number of anilines is 1. The molecular weight excluding hydrogens is 327 g/mol. The van der Waals surface area contributed by atoms with Gasteiger partial charge in [-0.3, -0.25) is 0 Å². The summed E-state index contributed by atoms with van der Waals surface area (Å²) < 4.78 is 5.29. The molecule has 0 spiro atoms. The monoisotopic (exact) mass is 340 g/mol. The molecule has 2 aromatic carbocycles. The lowest BCUT2D eigenvalue weighted by Crippen LogP contribution is -2.28. The fourth-order valence-electron chi connectivity index (χ4n) is 1.79. The lowest BCUT2D eigenvalue weighted by Gasteiger charge is -2.13. The number of benzene rings is 2. The second kappa shape index (κ2) is 7.50. The number of halogens is 2. The molecule has 0 aliphatic heterocycles. The van der Waals surface area contributed by atoms with Gasteiger partial charge in [-0.15, -0.1) is 0 Å². The Bertz CT molecular complexity index is 649. The molecule has 6 heteroatoms. The van der Waals surface area contributed by atoms with E-state index in [0.717, 1.165) is 11.3 Å². The van der Waals surface area contributed by atoms with Crippen molar-refractivity contribution in [3.05, 3.63) is 58.1 Å². The Balaban J connectivity index is 1.98. The standard InChI is InChI=1S/C15H14Cl2N2OS/c1-20-13-8-3-2-5-10(13)9-18-15(21)19-12-7-4-6-11(16)14(12)17/h2-8H,9H2,1H3,(H2,18,19,21). The number of para-hydroxylation sites is 1. The Morgan fingerprint density at radius 3 is 2.67 bits per heavy atom. The molecule has 0 bridgehead atoms. The lowest BCUT2D eigenvalue weighted by molar-refractivity contribution is 0.409. The summed E-state index contributed by atoms with van der Waals surface area (Å²) in [6.07, 6.45) is 0. The first-order valence-electron chi connectivity index (χ1n) is 6.22. The highest BCUT2D eigenvalue weighted by molar-refractivity contribution is 7.80. The zero-order chi connectivity index (χ0) is 15.2. The summed E-state index contributed by atoms with van der Waals surface area (Å²) in [5.41, 5.74) is 1.68. The predicted molar refractivity (Wildman–Crippen MR) is 92.5 cm³/mol. The number of hydrogen-bond donors (Lipinski definition) is 2. The minimum atomic E-state index is 0.445. The van der Waals surface area contributed by atoms with Crippen molar-refractivity contribution in [3.63, 3.8) is 0 Å². The zero-order valence-corrected chi connectivity index (χ0v) is 13.6. The van der Waals surface area contributed by atoms with Gasteiger partial charge in [-0.2, -0.15) is 0 Å². The van der Waals surface area contributed by atoms with E-state index in [1.807, 2.05) is 30.3 Å². The highest BCUT2D eigenvalue weighted by Crippen LogP contribution is 2.29. The summed E-state index contributed by atoms with van der Waals surface area (Å²) in [6, 6.07) is 13.1. The Hall–Kier alpha value is -1.49. The SMILES string of the molecule is COc1ccccc1CNC(=S)Nc1cccc(Cl)c1Cl. The molecule has 2 N–H and O–H groups in total. The molecular formula is C15H14Cl2N2OS. The Labute approximate surface area is 139 Å². The van der Waals surface area contributed by atoms with Crippen molar-refractivity contribution in [2.45, 2.75) is 6.54 Å². The first kappa shape index (κ1) is 15.9. The first-order chi connectivity index (χ1) is 10.1. The van der Waals surface area contributed by atoms with Crippen LogP contribution in [0.15, 0.2) is 42.5 Å². The van der Waals surface area contributed by atoms with E-state index in [1.54, 1.807) is 19.2 Å². The number of methoxy groups -OCH3 is 1. The third-order valence-corrected chi connectivity index (χ3v) is 3.90. The molecule has 110 valence electrons. The molecule has 0 radical (unpaired) electrons. The van der Waals surface area contributed by atoms with Crippen LogP contribution in [0.25, 0.3) is 0 Å². The molecule has 0 amide bonds. The van der Waals surface area contributed by atoms with Crippen LogP contribution in [0.4, 0.5) is 5.69 Å². The Morgan fingerprint density at radius 1 is 1.14 bits per heavy atom. The van der Waals surface area contributed by atoms with Crippen LogP contribution in [0.5, 0.6) is 5.75 Å². The van der Waals surface area contributed by atoms with E-state index >= 15 is 0 Å². The topological polar surface area (TPSA) is 33.3 Å². The molecule has 0 aliphatic rings. The molecule has 0 aliphatic carbocycles. The van der Waals surface area contributed by atoms with Gasteiger partial charge >= 0.3 is 0 Å². The molecule has 0 aromatic heterocycles. The van der Waals surface area contributed by atoms with Crippen molar-refractivity contribution in [1.82, 2.24) is 5.32 Å². The predicted octanol–water partition coefficient (Wildman–Crippen LogP) is 4.49. The van der Waals surface area contributed by atoms with Crippen LogP contribution in [0.1, 0.15) is 5.56 Å². The van der Waals surface area contributed by atoms with Crippen molar-refractivity contribution < 1.29 is 4.74 Å². The number of rotatable bonds is 4. The van der Waals surface area contributed by atoms with Crippen LogP contribution in [-0.2, 0) is 6.54 Å². The van der Waals surface area contributed by atoms with E-state index in [9.17, 15) is 0 Å². The summed E-state index contributed by atoms with van der Waals surface area (Å²) in [4.78, 5) is 0. The summed E-state index contributed by atoms with van der Waals surface area (Å²) in [7, 11) is 1.64. The van der Waals surface area contributed by atoms with Gasteiger partial charge in [-0.25, -0.2) is 0 Å². The molecule has 0 heterocycles. The number of ether oxygens (including phenoxy) is 1. The van der Waals surface area contributed by atoms with Crippen LogP contribution in [-0.4, -0.2) is 12.2 Å². The van der Waals surface area contributed by atoms with Gasteiger partial charge in [-0.1, -0.05) is 47.5 Å². The van der Waals surface area contributed by atoms with Crippen molar-refractivity contribution in [3.8, 4) is 5.75 Å². The van der Waals surface area contributed by atoms with E-state index in [4.69, 9.17) is 40.2 Å². The molecule has 0 saturated carbocycles. The number of nitrogens with one attached hydrogen (secondary N) is 2. The molecule has 2 aromatic rings. The van der Waals surface area contributed by atoms with Gasteiger partial charge in [0.15, 0.2) is 5.11 Å². The average molecular weight is 341 g/mol. The molecule has 0 unspecified atom stereocenters. The summed E-state index contributed by atoms with van der Waals surface area (Å²) in [6.45, 7) is 0.550. The van der Waals surface area contributed by atoms with Crippen LogP contribution in [0, 0.1) is 0 Å². The van der Waals surface area contributed by atoms with Crippen molar-refractivity contribution in [2.75, 3.05) is 12.4 Å². The second-order valence-electron chi connectivity index (χ2n) is 4.22. The van der Waals surface area contributed by atoms with Gasteiger partial charge in [0.1, 0.15) is 5.75 Å². The highest BCUT2D eigenvalue weighted by atomic mass is 35.5. The largest absolute Gasteiger partial charge is 0.496 e. The van der Waals surface area contributed by atoms with Crippen LogP contribution >= 0.6 is 35.4 Å². The van der Waals surface area contributed by atoms with Gasteiger partial charge < -0.3 is 15.4 Å². The number of hydrogen-bond acceptors (Lipinski definition) is 2. The van der Waals surface area contributed by atoms with Gasteiger partial charge in [0.05, 0.1) is 22.8 Å². The fraction of sp³-hybridized carbons (Fsp3) is 0.133. The molecule has 0 atom stereocenters. The normalized spacial score (nSPS) is 10.0. The maximum atomic E-state index is 6.10. The maximum Gasteiger partial charge on any atom is 0.171 e. The quantitative estimate of drug-likeness (QED) is 0.803. The Morgan fingerprint density at radius 2 is 1.90 bits per heavy atom. The number of thiocarbonyl (C=S) groups is 1. The van der Waals surface area contributed by atoms with E-state index in [-0.39, 0.29) is 0 Å². The molecule has 0 saturated heterocycles. The van der Waals surface area contributed by atoms with Crippen molar-refractivity contribution >= 4 is 46.2 Å². The summed E-state index contributed by atoms with van der Waals surface area (Å²) >= 11 is 17.3. The second-order valence-corrected chi connectivity index (χ2v) is 5.41. The van der Waals surface area contributed by atoms with Gasteiger partial charge in [-0.05, 0) is 30.4 Å². The van der Waals surface area contributed by atoms with Gasteiger partial charge in [0.2, 0.25) is 0 Å². The van der Waals surface area contributed by atoms with E-state index in [0.29, 0.717) is 27.4 Å². The molecule has 21 heavy (non-hydrogen) atoms. The minimum absolute atomic E-state index is 0.445. The van der Waals surface area contributed by atoms with Gasteiger partial charge in [0, 0.05) is 12.1 Å². The first-order valence-corrected chi connectivity index (χ1v) is 7.39. The average Bonchev–Trinajstić information content (AvgIpc) is 2.50. The maximum absolute atomic E-state index is 6.10. The van der Waals surface area contributed by atoms with E-state index in [2.05, 4.69) is 10.6 Å². The highest BCUT2D eigenvalue weighted by Gasteiger charge is 2.07. The third kappa shape index (κ3) is 4.24. The molecule has 3 nitrogen and oxygen atoms in total. The molecule has 0 fully saturated rings. The van der Waals surface area contributed by atoms with E-state index < -0.39 is 0 Å². The van der Waals surface area contributed by atoms with Crippen LogP contribution in [0.2, 0.25) is 10.0 Å². The van der Waals surface area contributed by atoms with Gasteiger partial charge in [0.25, 0.3) is 0 Å². The zero-order valence-electron chi connectivity index (χ0n) is 11.3. The summed E-state index contributed by atoms with van der Waals surface area (Å²) in [5.74, 6) is 0.814. The lowest BCUT2D eigenvalue weighted by atomic mass is 10.2. The molecule has 2 rings (SSSR count). The van der Waals surface area contributed by atoms with Crippen molar-refractivity contribution in [1.29, 1.82) is 0 Å². The minimum Gasteiger partial charge on any atom is -0.496 e. The van der Waals surface area contributed by atoms with Crippen LogP contribution in [0.3, 0.4) is 0 Å². The fourth-order valence-corrected chi connectivity index (χ4v) is 2.32. The third-order valence-electron chi connectivity index (χ3n) is 2.83. The van der Waals surface area contributed by atoms with Crippen molar-refractivity contribution in [2.24, 2.45) is 0 Å². The Kier molecular flexibility index (Phi) is 5.67. The van der Waals surface area contributed by atoms with E-state index in [1.165, 1.54) is 0 Å². The van der Waals surface area contributed by atoms with Crippen LogP contribution < -0.4 is 15.4 Å². The smallest absolute Gasteiger partial charge is 0.171 e. The summed E-state index contributed by atoms with van der Waals surface area (Å²) in [5, 5.41) is 7.52.